The molecule has 94 valence electrons. The second-order valence-corrected chi connectivity index (χ2v) is 5.19. The van der Waals surface area contributed by atoms with E-state index in [0.29, 0.717) is 12.1 Å². The van der Waals surface area contributed by atoms with Crippen LogP contribution in [-0.4, -0.2) is 40.7 Å². The second kappa shape index (κ2) is 4.78. The fourth-order valence-corrected chi connectivity index (χ4v) is 3.14. The highest BCUT2D eigenvalue weighted by Gasteiger charge is 2.33. The van der Waals surface area contributed by atoms with Crippen molar-refractivity contribution in [1.82, 2.24) is 14.9 Å². The lowest BCUT2D eigenvalue weighted by molar-refractivity contribution is 0.0280. The summed E-state index contributed by atoms with van der Waals surface area (Å²) in [5.41, 5.74) is 1.17. The van der Waals surface area contributed by atoms with E-state index >= 15 is 0 Å². The molecule has 1 aromatic rings. The van der Waals surface area contributed by atoms with Gasteiger partial charge in [-0.1, -0.05) is 0 Å². The van der Waals surface area contributed by atoms with Gasteiger partial charge in [0.1, 0.15) is 5.82 Å². The number of nitrogens with one attached hydrogen (secondary N) is 1. The highest BCUT2D eigenvalue weighted by atomic mass is 16.5. The number of hydrogen-bond acceptors (Lipinski definition) is 3. The van der Waals surface area contributed by atoms with E-state index in [4.69, 9.17) is 4.74 Å². The minimum absolute atomic E-state index is 0.506. The SMILES string of the molecule is Cc1cnc(C2CCCN2C2CCOCC2)[nH]1. The van der Waals surface area contributed by atoms with Crippen molar-refractivity contribution in [3.05, 3.63) is 17.7 Å². The van der Waals surface area contributed by atoms with E-state index < -0.39 is 0 Å². The standard InChI is InChI=1S/C13H21N3O/c1-10-9-14-13(15-10)12-3-2-6-16(12)11-4-7-17-8-5-11/h9,11-12H,2-8H2,1H3,(H,14,15). The molecular formula is C13H21N3O. The largest absolute Gasteiger partial charge is 0.381 e. The highest BCUT2D eigenvalue weighted by molar-refractivity contribution is 5.06. The zero-order valence-corrected chi connectivity index (χ0v) is 10.5. The second-order valence-electron chi connectivity index (χ2n) is 5.19. The first-order valence-electron chi connectivity index (χ1n) is 6.69. The summed E-state index contributed by atoms with van der Waals surface area (Å²) in [4.78, 5) is 10.6. The smallest absolute Gasteiger partial charge is 0.123 e. The Kier molecular flexibility index (Phi) is 3.16. The van der Waals surface area contributed by atoms with E-state index in [1.54, 1.807) is 0 Å². The maximum Gasteiger partial charge on any atom is 0.123 e. The molecule has 1 N–H and O–H groups in total. The lowest BCUT2D eigenvalue weighted by atomic mass is 10.1. The zero-order chi connectivity index (χ0) is 11.7. The van der Waals surface area contributed by atoms with Gasteiger partial charge >= 0.3 is 0 Å². The molecule has 1 atom stereocenters. The quantitative estimate of drug-likeness (QED) is 0.852. The maximum absolute atomic E-state index is 5.45. The first-order chi connectivity index (χ1) is 8.34. The van der Waals surface area contributed by atoms with Crippen LogP contribution in [0.2, 0.25) is 0 Å². The van der Waals surface area contributed by atoms with Crippen molar-refractivity contribution < 1.29 is 4.74 Å². The summed E-state index contributed by atoms with van der Waals surface area (Å²) in [6.07, 6.45) is 6.83. The minimum Gasteiger partial charge on any atom is -0.381 e. The molecule has 1 aromatic heterocycles. The predicted octanol–water partition coefficient (Wildman–Crippen LogP) is 2.03. The molecule has 0 radical (unpaired) electrons. The molecule has 3 rings (SSSR count). The van der Waals surface area contributed by atoms with Crippen LogP contribution in [-0.2, 0) is 4.74 Å². The van der Waals surface area contributed by atoms with Crippen LogP contribution in [0.4, 0.5) is 0 Å². The number of nitrogens with zero attached hydrogens (tertiary/aromatic N) is 2. The summed E-state index contributed by atoms with van der Waals surface area (Å²) < 4.78 is 5.45. The van der Waals surface area contributed by atoms with Gasteiger partial charge in [0, 0.05) is 31.1 Å². The Balaban J connectivity index is 1.74. The highest BCUT2D eigenvalue weighted by Crippen LogP contribution is 2.34. The minimum atomic E-state index is 0.506. The molecule has 2 saturated heterocycles. The molecule has 0 aromatic carbocycles. The van der Waals surface area contributed by atoms with Gasteiger partial charge in [-0.3, -0.25) is 4.90 Å². The average molecular weight is 235 g/mol. The Morgan fingerprint density at radius 1 is 1.35 bits per heavy atom. The van der Waals surface area contributed by atoms with Crippen LogP contribution in [0.15, 0.2) is 6.20 Å². The summed E-state index contributed by atoms with van der Waals surface area (Å²) in [5, 5.41) is 0. The summed E-state index contributed by atoms with van der Waals surface area (Å²) in [6.45, 7) is 5.13. The third-order valence-electron chi connectivity index (χ3n) is 3.99. The van der Waals surface area contributed by atoms with Crippen molar-refractivity contribution >= 4 is 0 Å². The Bertz CT molecular complexity index is 370. The summed E-state index contributed by atoms with van der Waals surface area (Å²) in [6, 6.07) is 1.20. The molecule has 0 spiro atoms. The van der Waals surface area contributed by atoms with Crippen molar-refractivity contribution in [3.63, 3.8) is 0 Å². The number of H-pyrrole nitrogens is 1. The molecule has 0 saturated carbocycles. The number of rotatable bonds is 2. The number of hydrogen-bond donors (Lipinski definition) is 1. The number of aryl methyl sites for hydroxylation is 1. The van der Waals surface area contributed by atoms with Crippen molar-refractivity contribution in [2.24, 2.45) is 0 Å². The number of ether oxygens (including phenoxy) is 1. The molecule has 3 heterocycles. The van der Waals surface area contributed by atoms with Crippen LogP contribution in [0, 0.1) is 6.92 Å². The van der Waals surface area contributed by atoms with Crippen molar-refractivity contribution in [1.29, 1.82) is 0 Å². The van der Waals surface area contributed by atoms with E-state index in [2.05, 4.69) is 21.8 Å². The topological polar surface area (TPSA) is 41.2 Å². The molecule has 0 bridgehead atoms. The Morgan fingerprint density at radius 3 is 2.88 bits per heavy atom. The number of imidazole rings is 1. The van der Waals surface area contributed by atoms with Crippen LogP contribution in [0.1, 0.15) is 43.2 Å². The third-order valence-corrected chi connectivity index (χ3v) is 3.99. The van der Waals surface area contributed by atoms with Gasteiger partial charge < -0.3 is 9.72 Å². The van der Waals surface area contributed by atoms with Gasteiger partial charge in [0.05, 0.1) is 6.04 Å². The Labute approximate surface area is 102 Å². The molecule has 2 aliphatic rings. The summed E-state index contributed by atoms with van der Waals surface area (Å²) >= 11 is 0. The van der Waals surface area contributed by atoms with Gasteiger partial charge in [-0.15, -0.1) is 0 Å². The van der Waals surface area contributed by atoms with Crippen LogP contribution in [0.25, 0.3) is 0 Å². The fraction of sp³-hybridized carbons (Fsp3) is 0.769. The monoisotopic (exact) mass is 235 g/mol. The maximum atomic E-state index is 5.45. The Morgan fingerprint density at radius 2 is 2.18 bits per heavy atom. The lowest BCUT2D eigenvalue weighted by Gasteiger charge is -2.34. The molecule has 17 heavy (non-hydrogen) atoms. The first kappa shape index (κ1) is 11.2. The lowest BCUT2D eigenvalue weighted by Crippen LogP contribution is -2.39. The van der Waals surface area contributed by atoms with E-state index in [1.165, 1.54) is 37.9 Å². The first-order valence-corrected chi connectivity index (χ1v) is 6.69. The van der Waals surface area contributed by atoms with Gasteiger partial charge in [0.15, 0.2) is 0 Å². The molecule has 1 unspecified atom stereocenters. The van der Waals surface area contributed by atoms with E-state index in [0.717, 1.165) is 19.0 Å². The van der Waals surface area contributed by atoms with Crippen molar-refractivity contribution in [2.45, 2.75) is 44.7 Å². The van der Waals surface area contributed by atoms with E-state index in [9.17, 15) is 0 Å². The van der Waals surface area contributed by atoms with Gasteiger partial charge in [0.25, 0.3) is 0 Å². The van der Waals surface area contributed by atoms with Crippen LogP contribution < -0.4 is 0 Å². The molecule has 0 aliphatic carbocycles. The molecule has 0 amide bonds. The molecule has 2 fully saturated rings. The fourth-order valence-electron chi connectivity index (χ4n) is 3.14. The van der Waals surface area contributed by atoms with Crippen molar-refractivity contribution in [3.8, 4) is 0 Å². The van der Waals surface area contributed by atoms with Gasteiger partial charge in [0.2, 0.25) is 0 Å². The molecule has 4 heteroatoms. The van der Waals surface area contributed by atoms with Gasteiger partial charge in [-0.25, -0.2) is 4.98 Å². The van der Waals surface area contributed by atoms with Crippen molar-refractivity contribution in [2.75, 3.05) is 19.8 Å². The number of aromatic nitrogens is 2. The Hall–Kier alpha value is -0.870. The molecule has 4 nitrogen and oxygen atoms in total. The molecule has 2 aliphatic heterocycles. The molecular weight excluding hydrogens is 214 g/mol. The van der Waals surface area contributed by atoms with Crippen LogP contribution in [0.5, 0.6) is 0 Å². The van der Waals surface area contributed by atoms with Crippen LogP contribution in [0.3, 0.4) is 0 Å². The van der Waals surface area contributed by atoms with Gasteiger partial charge in [-0.05, 0) is 39.2 Å². The number of likely N-dealkylation sites (tertiary alicyclic amines) is 1. The van der Waals surface area contributed by atoms with E-state index in [-0.39, 0.29) is 0 Å². The number of aromatic amines is 1. The summed E-state index contributed by atoms with van der Waals surface area (Å²) in [5.74, 6) is 1.16. The van der Waals surface area contributed by atoms with Gasteiger partial charge in [-0.2, -0.15) is 0 Å². The summed E-state index contributed by atoms with van der Waals surface area (Å²) in [7, 11) is 0. The predicted molar refractivity (Wildman–Crippen MR) is 65.8 cm³/mol. The average Bonchev–Trinajstić information content (AvgIpc) is 2.98. The third kappa shape index (κ3) is 2.24. The normalized spacial score (nSPS) is 27.7. The van der Waals surface area contributed by atoms with E-state index in [1.807, 2.05) is 6.20 Å². The zero-order valence-electron chi connectivity index (χ0n) is 10.5. The van der Waals surface area contributed by atoms with Crippen LogP contribution >= 0.6 is 0 Å².